The molecule has 33 heavy (non-hydrogen) atoms. The summed E-state index contributed by atoms with van der Waals surface area (Å²) >= 11 is 0. The van der Waals surface area contributed by atoms with E-state index >= 15 is 0 Å². The Balaban J connectivity index is 1.42. The summed E-state index contributed by atoms with van der Waals surface area (Å²) in [4.78, 5) is 24.7. The van der Waals surface area contributed by atoms with Crippen LogP contribution >= 0.6 is 0 Å². The van der Waals surface area contributed by atoms with E-state index in [0.717, 1.165) is 19.3 Å². The number of esters is 1. The van der Waals surface area contributed by atoms with Crippen LogP contribution in [-0.4, -0.2) is 58.2 Å². The third-order valence-electron chi connectivity index (χ3n) is 5.34. The van der Waals surface area contributed by atoms with Crippen LogP contribution in [0.2, 0.25) is 0 Å². The molecule has 0 unspecified atom stereocenters. The number of benzene rings is 2. The Morgan fingerprint density at radius 3 is 2.55 bits per heavy atom. The first kappa shape index (κ1) is 22.9. The summed E-state index contributed by atoms with van der Waals surface area (Å²) in [5.74, 6) is -0.129. The fraction of sp³-hybridized carbons (Fsp3) is 0.364. The van der Waals surface area contributed by atoms with Crippen LogP contribution < -0.4 is 19.5 Å². The Bertz CT molecular complexity index is 1160. The molecule has 11 heteroatoms. The quantitative estimate of drug-likeness (QED) is 0.605. The third kappa shape index (κ3) is 5.04. The Morgan fingerprint density at radius 2 is 1.79 bits per heavy atom. The molecule has 1 fully saturated rings. The van der Waals surface area contributed by atoms with Crippen LogP contribution in [0.4, 0.5) is 5.69 Å². The van der Waals surface area contributed by atoms with Gasteiger partial charge in [0.1, 0.15) is 5.75 Å². The maximum absolute atomic E-state index is 13.0. The highest BCUT2D eigenvalue weighted by atomic mass is 32.2. The molecule has 4 rings (SSSR count). The topological polar surface area (TPSA) is 120 Å². The number of rotatable bonds is 7. The lowest BCUT2D eigenvalue weighted by molar-refractivity contribution is -0.119. The highest BCUT2D eigenvalue weighted by Gasteiger charge is 2.27. The van der Waals surface area contributed by atoms with Crippen molar-refractivity contribution in [2.45, 2.75) is 24.2 Å². The standard InChI is InChI=1S/C22H24N2O8S/c1-29-18-8-6-16(33(27,28)24-9-3-2-4-10-24)12-17(18)23-21(25)13-30-22(26)15-5-7-19-20(11-15)32-14-31-19/h5-8,11-12H,2-4,9-10,13-14H2,1H3,(H,23,25). The first-order chi connectivity index (χ1) is 15.9. The zero-order valence-electron chi connectivity index (χ0n) is 18.0. The smallest absolute Gasteiger partial charge is 0.338 e. The number of methoxy groups -OCH3 is 1. The number of fused-ring (bicyclic) bond motifs is 1. The molecule has 0 atom stereocenters. The van der Waals surface area contributed by atoms with Gasteiger partial charge in [-0.1, -0.05) is 6.42 Å². The highest BCUT2D eigenvalue weighted by molar-refractivity contribution is 7.89. The minimum atomic E-state index is -3.69. The predicted octanol–water partition coefficient (Wildman–Crippen LogP) is 2.39. The van der Waals surface area contributed by atoms with E-state index in [4.69, 9.17) is 18.9 Å². The molecule has 1 amide bonds. The van der Waals surface area contributed by atoms with Gasteiger partial charge in [0.25, 0.3) is 5.91 Å². The number of nitrogens with zero attached hydrogens (tertiary/aromatic N) is 1. The zero-order valence-corrected chi connectivity index (χ0v) is 18.9. The van der Waals surface area contributed by atoms with Crippen molar-refractivity contribution in [1.82, 2.24) is 4.31 Å². The van der Waals surface area contributed by atoms with Crippen LogP contribution in [0.25, 0.3) is 0 Å². The van der Waals surface area contributed by atoms with Crippen LogP contribution in [0.15, 0.2) is 41.3 Å². The van der Waals surface area contributed by atoms with Crippen molar-refractivity contribution in [2.75, 3.05) is 38.9 Å². The van der Waals surface area contributed by atoms with Gasteiger partial charge in [0, 0.05) is 13.1 Å². The molecule has 10 nitrogen and oxygen atoms in total. The van der Waals surface area contributed by atoms with Gasteiger partial charge >= 0.3 is 5.97 Å². The number of hydrogen-bond acceptors (Lipinski definition) is 8. The van der Waals surface area contributed by atoms with Crippen molar-refractivity contribution < 1.29 is 37.0 Å². The summed E-state index contributed by atoms with van der Waals surface area (Å²) in [6.45, 7) is 0.432. The molecular formula is C22H24N2O8S. The summed E-state index contributed by atoms with van der Waals surface area (Å²) in [6, 6.07) is 8.83. The van der Waals surface area contributed by atoms with Gasteiger partial charge in [-0.3, -0.25) is 4.79 Å². The number of carbonyl (C=O) groups is 2. The van der Waals surface area contributed by atoms with Gasteiger partial charge in [-0.2, -0.15) is 4.31 Å². The van der Waals surface area contributed by atoms with Crippen LogP contribution in [-0.2, 0) is 19.6 Å². The van der Waals surface area contributed by atoms with Crippen molar-refractivity contribution in [2.24, 2.45) is 0 Å². The largest absolute Gasteiger partial charge is 0.495 e. The molecule has 2 aromatic carbocycles. The molecule has 0 aliphatic carbocycles. The average molecular weight is 477 g/mol. The van der Waals surface area contributed by atoms with Gasteiger partial charge in [-0.05, 0) is 49.2 Å². The summed E-state index contributed by atoms with van der Waals surface area (Å²) in [5.41, 5.74) is 0.374. The molecule has 2 aliphatic heterocycles. The Morgan fingerprint density at radius 1 is 1.03 bits per heavy atom. The van der Waals surface area contributed by atoms with E-state index in [-0.39, 0.29) is 28.7 Å². The molecule has 2 heterocycles. The lowest BCUT2D eigenvalue weighted by atomic mass is 10.2. The molecule has 0 bridgehead atoms. The average Bonchev–Trinajstić information content (AvgIpc) is 3.31. The normalized spacial score (nSPS) is 15.7. The van der Waals surface area contributed by atoms with Gasteiger partial charge < -0.3 is 24.3 Å². The molecule has 0 aromatic heterocycles. The zero-order chi connectivity index (χ0) is 23.4. The van der Waals surface area contributed by atoms with Gasteiger partial charge in [-0.15, -0.1) is 0 Å². The second-order valence-electron chi connectivity index (χ2n) is 7.52. The van der Waals surface area contributed by atoms with Crippen LogP contribution in [0, 0.1) is 0 Å². The Labute approximate surface area is 191 Å². The molecule has 2 aromatic rings. The van der Waals surface area contributed by atoms with Gasteiger partial charge in [0.2, 0.25) is 16.8 Å². The number of hydrogen-bond donors (Lipinski definition) is 1. The molecule has 2 aliphatic rings. The fourth-order valence-electron chi connectivity index (χ4n) is 3.62. The van der Waals surface area contributed by atoms with Crippen LogP contribution in [0.3, 0.4) is 0 Å². The monoisotopic (exact) mass is 476 g/mol. The molecule has 0 saturated carbocycles. The number of piperidine rings is 1. The van der Waals surface area contributed by atoms with Crippen LogP contribution in [0.5, 0.6) is 17.2 Å². The lowest BCUT2D eigenvalue weighted by Gasteiger charge is -2.26. The van der Waals surface area contributed by atoms with Crippen molar-refractivity contribution in [3.05, 3.63) is 42.0 Å². The first-order valence-electron chi connectivity index (χ1n) is 10.4. The van der Waals surface area contributed by atoms with Crippen molar-refractivity contribution in [3.63, 3.8) is 0 Å². The van der Waals surface area contributed by atoms with E-state index in [1.165, 1.54) is 41.7 Å². The number of anilines is 1. The Hall–Kier alpha value is -3.31. The predicted molar refractivity (Wildman–Crippen MR) is 117 cm³/mol. The van der Waals surface area contributed by atoms with Gasteiger partial charge in [0.15, 0.2) is 18.1 Å². The number of sulfonamides is 1. The maximum Gasteiger partial charge on any atom is 0.338 e. The lowest BCUT2D eigenvalue weighted by Crippen LogP contribution is -2.35. The molecule has 1 saturated heterocycles. The molecule has 0 radical (unpaired) electrons. The van der Waals surface area contributed by atoms with Crippen LogP contribution in [0.1, 0.15) is 29.6 Å². The minimum Gasteiger partial charge on any atom is -0.495 e. The summed E-state index contributed by atoms with van der Waals surface area (Å²) < 4.78 is 48.1. The first-order valence-corrected chi connectivity index (χ1v) is 11.9. The molecule has 1 N–H and O–H groups in total. The summed E-state index contributed by atoms with van der Waals surface area (Å²) in [5, 5.41) is 2.56. The van der Waals surface area contributed by atoms with E-state index in [9.17, 15) is 18.0 Å². The molecule has 0 spiro atoms. The van der Waals surface area contributed by atoms with E-state index in [1.54, 1.807) is 6.07 Å². The van der Waals surface area contributed by atoms with E-state index in [0.29, 0.717) is 24.6 Å². The van der Waals surface area contributed by atoms with Crippen molar-refractivity contribution in [1.29, 1.82) is 0 Å². The van der Waals surface area contributed by atoms with E-state index in [1.807, 2.05) is 0 Å². The van der Waals surface area contributed by atoms with E-state index < -0.39 is 28.5 Å². The second-order valence-corrected chi connectivity index (χ2v) is 9.46. The third-order valence-corrected chi connectivity index (χ3v) is 7.24. The van der Waals surface area contributed by atoms with E-state index in [2.05, 4.69) is 5.32 Å². The molecular weight excluding hydrogens is 452 g/mol. The highest BCUT2D eigenvalue weighted by Crippen LogP contribution is 2.33. The summed E-state index contributed by atoms with van der Waals surface area (Å²) in [6.07, 6.45) is 2.63. The van der Waals surface area contributed by atoms with Gasteiger partial charge in [-0.25, -0.2) is 13.2 Å². The molecule has 176 valence electrons. The number of amides is 1. The number of ether oxygens (including phenoxy) is 4. The fourth-order valence-corrected chi connectivity index (χ4v) is 5.17. The minimum absolute atomic E-state index is 0.0536. The SMILES string of the molecule is COc1ccc(S(=O)(=O)N2CCCCC2)cc1NC(=O)COC(=O)c1ccc2c(c1)OCO2. The number of nitrogens with one attached hydrogen (secondary N) is 1. The van der Waals surface area contributed by atoms with Crippen molar-refractivity contribution >= 4 is 27.6 Å². The Kier molecular flexibility index (Phi) is 6.70. The number of carbonyl (C=O) groups excluding carboxylic acids is 2. The van der Waals surface area contributed by atoms with Gasteiger partial charge in [0.05, 0.1) is 23.3 Å². The summed E-state index contributed by atoms with van der Waals surface area (Å²) in [7, 11) is -2.29. The van der Waals surface area contributed by atoms with Crippen molar-refractivity contribution in [3.8, 4) is 17.2 Å². The maximum atomic E-state index is 13.0. The second kappa shape index (κ2) is 9.67.